The Morgan fingerprint density at radius 1 is 0.862 bits per heavy atom. The first-order chi connectivity index (χ1) is 13.0. The maximum atomic E-state index is 12.4. The van der Waals surface area contributed by atoms with Crippen LogP contribution in [0.25, 0.3) is 10.8 Å². The third-order valence-electron chi connectivity index (χ3n) is 3.84. The Morgan fingerprint density at radius 3 is 1.90 bits per heavy atom. The van der Waals surface area contributed by atoms with E-state index in [-0.39, 0.29) is 51.6 Å². The number of rotatable bonds is 4. The minimum Gasteiger partial charge on any atom is -0.872 e. The molecule has 3 N–H and O–H groups in total. The van der Waals surface area contributed by atoms with E-state index in [9.17, 15) is 31.3 Å². The summed E-state index contributed by atoms with van der Waals surface area (Å²) in [6, 6.07) is 11.1. The third kappa shape index (κ3) is 5.14. The van der Waals surface area contributed by atoms with Crippen molar-refractivity contribution in [3.05, 3.63) is 60.2 Å². The number of anilines is 1. The van der Waals surface area contributed by atoms with Crippen molar-refractivity contribution in [3.8, 4) is 5.75 Å². The fourth-order valence-electron chi connectivity index (χ4n) is 2.60. The number of benzene rings is 3. The Morgan fingerprint density at radius 2 is 1.38 bits per heavy atom. The second-order valence-corrected chi connectivity index (χ2v) is 8.60. The van der Waals surface area contributed by atoms with Gasteiger partial charge in [-0.2, -0.15) is 16.8 Å². The molecule has 3 aromatic carbocycles. The van der Waals surface area contributed by atoms with E-state index >= 15 is 0 Å². The Balaban J connectivity index is 0.00000300. The van der Waals surface area contributed by atoms with Crippen molar-refractivity contribution in [2.75, 3.05) is 5.32 Å². The van der Waals surface area contributed by atoms with Crippen LogP contribution < -0.4 is 40.0 Å². The summed E-state index contributed by atoms with van der Waals surface area (Å²) in [6.07, 6.45) is 0. The fraction of sp³-hybridized carbons (Fsp3) is 0. The van der Waals surface area contributed by atoms with Gasteiger partial charge in [-0.1, -0.05) is 23.9 Å². The van der Waals surface area contributed by atoms with Crippen molar-refractivity contribution in [2.24, 2.45) is 0 Å². The molecule has 9 nitrogen and oxygen atoms in total. The van der Waals surface area contributed by atoms with Crippen LogP contribution in [0.3, 0.4) is 0 Å². The molecule has 0 atom stereocenters. The van der Waals surface area contributed by atoms with Crippen LogP contribution in [-0.2, 0) is 20.2 Å². The molecular formula is C17H12NNaO8S2. The number of hydrogen-bond donors (Lipinski definition) is 3. The van der Waals surface area contributed by atoms with Crippen molar-refractivity contribution in [1.82, 2.24) is 0 Å². The van der Waals surface area contributed by atoms with Gasteiger partial charge < -0.3 is 10.4 Å². The predicted octanol–water partition coefficient (Wildman–Crippen LogP) is -1.34. The van der Waals surface area contributed by atoms with Gasteiger partial charge in [0.2, 0.25) is 0 Å². The van der Waals surface area contributed by atoms with E-state index in [1.165, 1.54) is 12.1 Å². The van der Waals surface area contributed by atoms with Crippen LogP contribution in [0.2, 0.25) is 0 Å². The molecule has 0 unspecified atom stereocenters. The Labute approximate surface area is 188 Å². The molecule has 29 heavy (non-hydrogen) atoms. The summed E-state index contributed by atoms with van der Waals surface area (Å²) in [5.74, 6) is -1.54. The van der Waals surface area contributed by atoms with Gasteiger partial charge in [0, 0.05) is 11.3 Å². The SMILES string of the molecule is O=C(Nc1cc(S(=O)(=O)O)cc2cc(S(=O)(=O)O)cc([O-])c12)c1ccccc1.[Na+]. The summed E-state index contributed by atoms with van der Waals surface area (Å²) in [7, 11) is -9.49. The molecule has 0 fully saturated rings. The molecule has 0 saturated heterocycles. The van der Waals surface area contributed by atoms with Gasteiger partial charge in [-0.3, -0.25) is 13.9 Å². The minimum absolute atomic E-state index is 0. The molecule has 0 aliphatic rings. The molecule has 0 spiro atoms. The maximum absolute atomic E-state index is 12.4. The van der Waals surface area contributed by atoms with Crippen LogP contribution in [0.15, 0.2) is 64.4 Å². The molecule has 0 radical (unpaired) electrons. The first kappa shape index (κ1) is 23.3. The molecule has 0 aliphatic carbocycles. The molecular weight excluding hydrogens is 433 g/mol. The zero-order valence-electron chi connectivity index (χ0n) is 14.9. The van der Waals surface area contributed by atoms with Crippen LogP contribution in [0.4, 0.5) is 5.69 Å². The number of hydrogen-bond acceptors (Lipinski definition) is 6. The summed E-state index contributed by atoms with van der Waals surface area (Å²) < 4.78 is 64.3. The largest absolute Gasteiger partial charge is 1.00 e. The zero-order valence-corrected chi connectivity index (χ0v) is 18.5. The quantitative estimate of drug-likeness (QED) is 0.329. The number of carbonyl (C=O) groups excluding carboxylic acids is 1. The smallest absolute Gasteiger partial charge is 0.872 e. The van der Waals surface area contributed by atoms with E-state index in [1.807, 2.05) is 0 Å². The summed E-state index contributed by atoms with van der Waals surface area (Å²) in [5, 5.41) is 14.4. The van der Waals surface area contributed by atoms with Crippen molar-refractivity contribution in [3.63, 3.8) is 0 Å². The van der Waals surface area contributed by atoms with Gasteiger partial charge in [0.15, 0.2) is 0 Å². The topological polar surface area (TPSA) is 161 Å². The zero-order chi connectivity index (χ0) is 20.7. The van der Waals surface area contributed by atoms with Crippen LogP contribution in [0.1, 0.15) is 10.4 Å². The molecule has 3 aromatic rings. The molecule has 12 heteroatoms. The monoisotopic (exact) mass is 445 g/mol. The van der Waals surface area contributed by atoms with Crippen LogP contribution in [0.5, 0.6) is 5.75 Å². The molecule has 0 bridgehead atoms. The van der Waals surface area contributed by atoms with E-state index in [0.717, 1.165) is 18.2 Å². The van der Waals surface area contributed by atoms with E-state index in [4.69, 9.17) is 4.55 Å². The van der Waals surface area contributed by atoms with E-state index in [2.05, 4.69) is 5.32 Å². The van der Waals surface area contributed by atoms with Crippen molar-refractivity contribution >= 4 is 42.6 Å². The second-order valence-electron chi connectivity index (χ2n) is 5.76. The van der Waals surface area contributed by atoms with Gasteiger partial charge in [-0.05, 0) is 47.2 Å². The van der Waals surface area contributed by atoms with Crippen LogP contribution >= 0.6 is 0 Å². The summed E-state index contributed by atoms with van der Waals surface area (Å²) in [4.78, 5) is 11.0. The average molecular weight is 445 g/mol. The average Bonchev–Trinajstić information content (AvgIpc) is 2.60. The number of nitrogens with one attached hydrogen (secondary N) is 1. The standard InChI is InChI=1S/C17H13NO8S2.Na/c19-15-9-13(28(24,25)26)7-11-6-12(27(21,22)23)8-14(16(11)15)18-17(20)10-4-2-1-3-5-10;/h1-9,19H,(H,18,20)(H,21,22,23)(H,24,25,26);/q;+1/p-1. The maximum Gasteiger partial charge on any atom is 1.00 e. The van der Waals surface area contributed by atoms with E-state index in [0.29, 0.717) is 6.07 Å². The summed E-state index contributed by atoms with van der Waals surface area (Å²) >= 11 is 0. The molecule has 0 saturated carbocycles. The van der Waals surface area contributed by atoms with Crippen molar-refractivity contribution < 1.29 is 65.4 Å². The Kier molecular flexibility index (Phi) is 6.75. The van der Waals surface area contributed by atoms with Gasteiger partial charge in [0.1, 0.15) is 0 Å². The Bertz CT molecular complexity index is 1300. The first-order valence-corrected chi connectivity index (χ1v) is 10.4. The molecule has 0 aliphatic heterocycles. The van der Waals surface area contributed by atoms with Crippen molar-refractivity contribution in [1.29, 1.82) is 0 Å². The fourth-order valence-corrected chi connectivity index (χ4v) is 3.68. The minimum atomic E-state index is -4.74. The van der Waals surface area contributed by atoms with Gasteiger partial charge in [-0.15, -0.1) is 0 Å². The second kappa shape index (κ2) is 8.40. The van der Waals surface area contributed by atoms with E-state index in [1.54, 1.807) is 18.2 Å². The normalized spacial score (nSPS) is 11.7. The van der Waals surface area contributed by atoms with Gasteiger partial charge >= 0.3 is 29.6 Å². The molecule has 1 amide bonds. The molecule has 0 heterocycles. The van der Waals surface area contributed by atoms with Gasteiger partial charge in [0.25, 0.3) is 26.1 Å². The van der Waals surface area contributed by atoms with Gasteiger partial charge in [-0.25, -0.2) is 0 Å². The van der Waals surface area contributed by atoms with Gasteiger partial charge in [0.05, 0.1) is 9.79 Å². The number of amides is 1. The predicted molar refractivity (Wildman–Crippen MR) is 97.4 cm³/mol. The molecule has 146 valence electrons. The summed E-state index contributed by atoms with van der Waals surface area (Å²) in [6.45, 7) is 0. The third-order valence-corrected chi connectivity index (χ3v) is 5.50. The van der Waals surface area contributed by atoms with E-state index < -0.39 is 41.7 Å². The molecule has 3 rings (SSSR count). The summed E-state index contributed by atoms with van der Waals surface area (Å²) in [5.41, 5.74) is -0.0271. The number of carbonyl (C=O) groups is 1. The number of fused-ring (bicyclic) bond motifs is 1. The van der Waals surface area contributed by atoms with Crippen LogP contribution in [-0.4, -0.2) is 31.8 Å². The molecule has 0 aromatic heterocycles. The van der Waals surface area contributed by atoms with Crippen molar-refractivity contribution in [2.45, 2.75) is 9.79 Å². The Hall–Kier alpha value is -1.99. The van der Waals surface area contributed by atoms with Crippen LogP contribution in [0, 0.1) is 0 Å². The first-order valence-electron chi connectivity index (χ1n) is 7.57.